The Kier molecular flexibility index (Phi) is 12.2. The zero-order valence-corrected chi connectivity index (χ0v) is 16.4. The Labute approximate surface area is 171 Å². The first-order chi connectivity index (χ1) is 14.0. The fraction of sp³-hybridized carbons (Fsp3) is 0.647. The van der Waals surface area contributed by atoms with Gasteiger partial charge in [-0.05, 0) is 19.3 Å². The molecule has 0 aromatic rings. The van der Waals surface area contributed by atoms with E-state index in [1.54, 1.807) is 0 Å². The highest BCUT2D eigenvalue weighted by molar-refractivity contribution is 5.87. The van der Waals surface area contributed by atoms with Gasteiger partial charge < -0.3 is 36.4 Å². The molecular weight excluding hydrogens is 406 g/mol. The molecule has 0 radical (unpaired) electrons. The molecule has 0 saturated carbocycles. The van der Waals surface area contributed by atoms with Crippen LogP contribution in [0.15, 0.2) is 0 Å². The highest BCUT2D eigenvalue weighted by Crippen LogP contribution is 2.04. The average molecular weight is 433 g/mol. The van der Waals surface area contributed by atoms with Gasteiger partial charge in [-0.3, -0.25) is 9.59 Å². The van der Waals surface area contributed by atoms with E-state index in [9.17, 15) is 33.9 Å². The predicted molar refractivity (Wildman–Crippen MR) is 99.7 cm³/mol. The van der Waals surface area contributed by atoms with Crippen molar-refractivity contribution in [3.63, 3.8) is 0 Å². The first-order valence-corrected chi connectivity index (χ1v) is 9.24. The SMILES string of the molecule is CCCC[C@@H](NC(=O)CC[C@H](NC(=O)NC(CCC(=O)O)C(=O)O)C(=O)O)C(=O)O. The number of hydrogen-bond acceptors (Lipinski definition) is 6. The van der Waals surface area contributed by atoms with Crippen LogP contribution < -0.4 is 16.0 Å². The van der Waals surface area contributed by atoms with Crippen LogP contribution in [0.25, 0.3) is 0 Å². The summed E-state index contributed by atoms with van der Waals surface area (Å²) in [5.41, 5.74) is 0. The molecule has 1 unspecified atom stereocenters. The van der Waals surface area contributed by atoms with Gasteiger partial charge in [-0.2, -0.15) is 0 Å². The lowest BCUT2D eigenvalue weighted by Crippen LogP contribution is -2.51. The van der Waals surface area contributed by atoms with Gasteiger partial charge in [0, 0.05) is 12.8 Å². The van der Waals surface area contributed by atoms with Crippen molar-refractivity contribution in [3.05, 3.63) is 0 Å². The third kappa shape index (κ3) is 11.5. The van der Waals surface area contributed by atoms with Crippen molar-refractivity contribution in [1.29, 1.82) is 0 Å². The normalized spacial score (nSPS) is 13.4. The molecule has 0 aromatic carbocycles. The van der Waals surface area contributed by atoms with E-state index >= 15 is 0 Å². The lowest BCUT2D eigenvalue weighted by molar-refractivity contribution is -0.142. The van der Waals surface area contributed by atoms with Gasteiger partial charge in [0.25, 0.3) is 0 Å². The van der Waals surface area contributed by atoms with Crippen molar-refractivity contribution >= 4 is 35.8 Å². The lowest BCUT2D eigenvalue weighted by Gasteiger charge is -2.19. The first-order valence-electron chi connectivity index (χ1n) is 9.24. The Hall–Kier alpha value is -3.38. The van der Waals surface area contributed by atoms with Crippen molar-refractivity contribution in [2.24, 2.45) is 0 Å². The number of unbranched alkanes of at least 4 members (excludes halogenated alkanes) is 1. The molecule has 3 atom stereocenters. The molecule has 170 valence electrons. The molecule has 3 amide bonds. The molecule has 0 aromatic heterocycles. The number of urea groups is 1. The van der Waals surface area contributed by atoms with Crippen LogP contribution in [0.3, 0.4) is 0 Å². The van der Waals surface area contributed by atoms with Crippen LogP contribution in [-0.4, -0.2) is 74.4 Å². The maximum Gasteiger partial charge on any atom is 0.326 e. The van der Waals surface area contributed by atoms with E-state index in [1.165, 1.54) is 0 Å². The molecule has 0 aliphatic heterocycles. The summed E-state index contributed by atoms with van der Waals surface area (Å²) < 4.78 is 0. The molecular formula is C17H27N3O10. The van der Waals surface area contributed by atoms with Crippen LogP contribution in [0.4, 0.5) is 4.79 Å². The van der Waals surface area contributed by atoms with Gasteiger partial charge in [0.2, 0.25) is 5.91 Å². The highest BCUT2D eigenvalue weighted by atomic mass is 16.4. The average Bonchev–Trinajstić information content (AvgIpc) is 2.64. The standard InChI is InChI=1S/C17H27N3O10/c1-2-3-4-9(14(24)25)18-12(21)7-5-10(15(26)27)19-17(30)20-11(16(28)29)6-8-13(22)23/h9-11H,2-8H2,1H3,(H,18,21)(H,22,23)(H,24,25)(H,26,27)(H,28,29)(H2,19,20,30)/t9-,10+,11?/m1/s1. The summed E-state index contributed by atoms with van der Waals surface area (Å²) in [4.78, 5) is 67.8. The maximum absolute atomic E-state index is 11.9. The van der Waals surface area contributed by atoms with Gasteiger partial charge in [0.05, 0.1) is 0 Å². The molecule has 0 aliphatic carbocycles. The highest BCUT2D eigenvalue weighted by Gasteiger charge is 2.26. The maximum atomic E-state index is 11.9. The predicted octanol–water partition coefficient (Wildman–Crippen LogP) is -0.403. The van der Waals surface area contributed by atoms with Crippen LogP contribution in [0.2, 0.25) is 0 Å². The Morgan fingerprint density at radius 2 is 1.10 bits per heavy atom. The van der Waals surface area contributed by atoms with Gasteiger partial charge >= 0.3 is 29.9 Å². The molecule has 13 nitrogen and oxygen atoms in total. The molecule has 0 aliphatic rings. The van der Waals surface area contributed by atoms with Crippen molar-refractivity contribution in [2.45, 2.75) is 70.0 Å². The number of carbonyl (C=O) groups is 6. The second kappa shape index (κ2) is 13.7. The van der Waals surface area contributed by atoms with Crippen LogP contribution in [0.1, 0.15) is 51.9 Å². The number of aliphatic carboxylic acids is 4. The van der Waals surface area contributed by atoms with E-state index in [4.69, 9.17) is 15.3 Å². The van der Waals surface area contributed by atoms with Gasteiger partial charge in [0.1, 0.15) is 18.1 Å². The zero-order valence-electron chi connectivity index (χ0n) is 16.4. The number of hydrogen-bond donors (Lipinski definition) is 7. The van der Waals surface area contributed by atoms with Gasteiger partial charge in [-0.15, -0.1) is 0 Å². The molecule has 0 heterocycles. The van der Waals surface area contributed by atoms with E-state index in [-0.39, 0.29) is 12.8 Å². The Balaban J connectivity index is 4.74. The molecule has 7 N–H and O–H groups in total. The number of amides is 3. The van der Waals surface area contributed by atoms with Gasteiger partial charge in [0.15, 0.2) is 0 Å². The number of carboxylic acid groups (broad SMARTS) is 4. The largest absolute Gasteiger partial charge is 0.481 e. The molecule has 0 rings (SSSR count). The van der Waals surface area contributed by atoms with E-state index in [2.05, 4.69) is 5.32 Å². The summed E-state index contributed by atoms with van der Waals surface area (Å²) in [6, 6.07) is -5.37. The summed E-state index contributed by atoms with van der Waals surface area (Å²) in [6.45, 7) is 1.85. The monoisotopic (exact) mass is 433 g/mol. The van der Waals surface area contributed by atoms with E-state index in [0.29, 0.717) is 6.42 Å². The van der Waals surface area contributed by atoms with E-state index < -0.39 is 73.2 Å². The third-order valence-corrected chi connectivity index (χ3v) is 3.99. The lowest BCUT2D eigenvalue weighted by atomic mass is 10.1. The summed E-state index contributed by atoms with van der Waals surface area (Å²) in [5.74, 6) is -6.18. The smallest absolute Gasteiger partial charge is 0.326 e. The minimum atomic E-state index is -1.55. The Morgan fingerprint density at radius 1 is 0.667 bits per heavy atom. The van der Waals surface area contributed by atoms with E-state index in [0.717, 1.165) is 6.42 Å². The molecule has 0 spiro atoms. The number of carboxylic acids is 4. The molecule has 13 heteroatoms. The summed E-state index contributed by atoms with van der Waals surface area (Å²) in [6.07, 6.45) is -0.189. The van der Waals surface area contributed by atoms with Gasteiger partial charge in [-0.1, -0.05) is 19.8 Å². The van der Waals surface area contributed by atoms with Crippen molar-refractivity contribution in [1.82, 2.24) is 16.0 Å². The quantitative estimate of drug-likeness (QED) is 0.177. The minimum Gasteiger partial charge on any atom is -0.481 e. The number of nitrogens with one attached hydrogen (secondary N) is 3. The molecule has 0 bridgehead atoms. The molecule has 30 heavy (non-hydrogen) atoms. The van der Waals surface area contributed by atoms with Crippen LogP contribution in [0, 0.1) is 0 Å². The Morgan fingerprint density at radius 3 is 1.50 bits per heavy atom. The van der Waals surface area contributed by atoms with Crippen molar-refractivity contribution < 1.29 is 49.2 Å². The first kappa shape index (κ1) is 26.6. The van der Waals surface area contributed by atoms with Crippen molar-refractivity contribution in [2.75, 3.05) is 0 Å². The summed E-state index contributed by atoms with van der Waals surface area (Å²) in [5, 5.41) is 42.1. The summed E-state index contributed by atoms with van der Waals surface area (Å²) in [7, 11) is 0. The van der Waals surface area contributed by atoms with Crippen LogP contribution >= 0.6 is 0 Å². The third-order valence-electron chi connectivity index (χ3n) is 3.99. The second-order valence-corrected chi connectivity index (χ2v) is 6.47. The molecule has 0 fully saturated rings. The Bertz CT molecular complexity index is 652. The molecule has 0 saturated heterocycles. The number of rotatable bonds is 15. The fourth-order valence-electron chi connectivity index (χ4n) is 2.35. The summed E-state index contributed by atoms with van der Waals surface area (Å²) >= 11 is 0. The number of carbonyl (C=O) groups excluding carboxylic acids is 2. The van der Waals surface area contributed by atoms with Crippen LogP contribution in [-0.2, 0) is 24.0 Å². The fourth-order valence-corrected chi connectivity index (χ4v) is 2.35. The zero-order chi connectivity index (χ0) is 23.3. The minimum absolute atomic E-state index is 0.216. The van der Waals surface area contributed by atoms with Gasteiger partial charge in [-0.25, -0.2) is 19.2 Å². The van der Waals surface area contributed by atoms with E-state index in [1.807, 2.05) is 17.6 Å². The van der Waals surface area contributed by atoms with Crippen LogP contribution in [0.5, 0.6) is 0 Å². The second-order valence-electron chi connectivity index (χ2n) is 6.47. The topological polar surface area (TPSA) is 219 Å². The van der Waals surface area contributed by atoms with Crippen molar-refractivity contribution in [3.8, 4) is 0 Å².